The predicted molar refractivity (Wildman–Crippen MR) is 369 cm³/mol. The van der Waals surface area contributed by atoms with Crippen LogP contribution in [0.15, 0.2) is 70.5 Å². The van der Waals surface area contributed by atoms with Crippen molar-refractivity contribution < 1.29 is 25.9 Å². The molecule has 0 fully saturated rings. The third kappa shape index (κ3) is 37.0. The van der Waals surface area contributed by atoms with Crippen molar-refractivity contribution >= 4 is 90.7 Å². The molecule has 0 saturated heterocycles. The first-order chi connectivity index (χ1) is 41.0. The van der Waals surface area contributed by atoms with E-state index >= 15 is 0 Å². The van der Waals surface area contributed by atoms with Gasteiger partial charge in [0.1, 0.15) is 20.2 Å². The second kappa shape index (κ2) is 52.4. The van der Waals surface area contributed by atoms with E-state index in [-0.39, 0.29) is 58.7 Å². The first-order valence-electron chi connectivity index (χ1n) is 36.0. The Balaban J connectivity index is 0.000000573. The van der Waals surface area contributed by atoms with E-state index in [1.54, 1.807) is 12.1 Å². The normalized spacial score (nSPS) is 11.8. The Bertz CT molecular complexity index is 2300. The van der Waals surface area contributed by atoms with Crippen LogP contribution < -0.4 is 0 Å². The Morgan fingerprint density at radius 2 is 0.435 bits per heavy atom. The molecule has 0 N–H and O–H groups in total. The van der Waals surface area contributed by atoms with Crippen LogP contribution in [0.25, 0.3) is 21.5 Å². The van der Waals surface area contributed by atoms with Gasteiger partial charge in [0, 0.05) is 0 Å². The molecule has 0 spiro atoms. The van der Waals surface area contributed by atoms with Crippen LogP contribution in [0.1, 0.15) is 358 Å². The van der Waals surface area contributed by atoms with Gasteiger partial charge in [-0.1, -0.05) is 359 Å². The van der Waals surface area contributed by atoms with Gasteiger partial charge in [0.25, 0.3) is 0 Å². The van der Waals surface area contributed by atoms with Crippen LogP contribution in [0.2, 0.25) is 0 Å². The molecule has 0 radical (unpaired) electrons. The summed E-state index contributed by atoms with van der Waals surface area (Å²) in [4.78, 5) is 0.0522. The fourth-order valence-corrected chi connectivity index (χ4v) is 14.6. The summed E-state index contributed by atoms with van der Waals surface area (Å²) >= 11 is 0. The maximum absolute atomic E-state index is 12.4. The van der Waals surface area contributed by atoms with Gasteiger partial charge < -0.3 is 9.11 Å². The molecule has 6 nitrogen and oxygen atoms in total. The zero-order valence-corrected chi connectivity index (χ0v) is 61.6. The summed E-state index contributed by atoms with van der Waals surface area (Å²) in [7, 11) is -9.04. The topological polar surface area (TPSA) is 114 Å². The van der Waals surface area contributed by atoms with E-state index in [2.05, 4.69) is 39.8 Å². The second-order valence-electron chi connectivity index (χ2n) is 25.6. The number of unbranched alkanes of at least 4 members (excludes halogenated alkanes) is 44. The molecule has 0 amide bonds. The van der Waals surface area contributed by atoms with Crippen LogP contribution in [0, 0.1) is 0 Å². The maximum atomic E-state index is 12.4. The molecular weight excluding hydrogens is 1210 g/mol. The third-order valence-electron chi connectivity index (χ3n) is 18.1. The van der Waals surface area contributed by atoms with Gasteiger partial charge in [0.05, 0.1) is 9.79 Å². The molecule has 4 aromatic rings. The predicted octanol–water partition coefficient (Wildman–Crippen LogP) is 24.1. The van der Waals surface area contributed by atoms with Crippen molar-refractivity contribution in [1.82, 2.24) is 0 Å². The average molecular weight is 1340 g/mol. The number of hydrogen-bond donors (Lipinski definition) is 0. The maximum Gasteiger partial charge on any atom is 2.00 e. The van der Waals surface area contributed by atoms with Gasteiger partial charge in [0.2, 0.25) is 0 Å². The molecule has 0 aliphatic rings. The quantitative estimate of drug-likeness (QED) is 0.0247. The first kappa shape index (κ1) is 79.9. The van der Waals surface area contributed by atoms with Crippen LogP contribution in [0.3, 0.4) is 0 Å². The van der Waals surface area contributed by atoms with Crippen LogP contribution in [-0.4, -0.2) is 74.8 Å². The number of hydrogen-bond acceptors (Lipinski definition) is 6. The van der Waals surface area contributed by atoms with E-state index in [1.165, 1.54) is 257 Å². The molecule has 4 rings (SSSR count). The minimum Gasteiger partial charge on any atom is -0.744 e. The van der Waals surface area contributed by atoms with E-state index in [0.717, 1.165) is 108 Å². The van der Waals surface area contributed by atoms with Crippen LogP contribution in [-0.2, 0) is 45.9 Å². The molecule has 0 saturated carbocycles. The van der Waals surface area contributed by atoms with Crippen molar-refractivity contribution in [2.45, 2.75) is 371 Å². The van der Waals surface area contributed by atoms with E-state index in [4.69, 9.17) is 0 Å². The largest absolute Gasteiger partial charge is 2.00 e. The summed E-state index contributed by atoms with van der Waals surface area (Å²) < 4.78 is 74.3. The monoisotopic (exact) mass is 1340 g/mol. The van der Waals surface area contributed by atoms with Crippen molar-refractivity contribution in [3.05, 3.63) is 82.9 Å². The summed E-state index contributed by atoms with van der Waals surface area (Å²) in [6.45, 7) is 9.07. The molecule has 85 heavy (non-hydrogen) atoms. The Labute approximate surface area is 565 Å². The Kier molecular flexibility index (Phi) is 49.3. The molecule has 0 aromatic heterocycles. The Morgan fingerprint density at radius 3 is 0.635 bits per heavy atom. The summed E-state index contributed by atoms with van der Waals surface area (Å²) in [5, 5.41) is 4.00. The van der Waals surface area contributed by atoms with Crippen LogP contribution >= 0.6 is 0 Å². The van der Waals surface area contributed by atoms with Crippen molar-refractivity contribution in [1.29, 1.82) is 0 Å². The molecule has 0 bridgehead atoms. The minimum atomic E-state index is -4.52. The summed E-state index contributed by atoms with van der Waals surface area (Å²) in [6, 6.07) is 19.3. The Morgan fingerprint density at radius 1 is 0.259 bits per heavy atom. The summed E-state index contributed by atoms with van der Waals surface area (Å²) in [5.41, 5.74) is 3.83. The molecule has 9 heteroatoms. The van der Waals surface area contributed by atoms with E-state index in [1.807, 2.05) is 36.4 Å². The van der Waals surface area contributed by atoms with Crippen molar-refractivity contribution in [2.24, 2.45) is 0 Å². The molecular formula is C76H126BaO6S2. The van der Waals surface area contributed by atoms with Gasteiger partial charge in [-0.15, -0.1) is 0 Å². The van der Waals surface area contributed by atoms with Gasteiger partial charge in [0.15, 0.2) is 0 Å². The number of benzene rings is 4. The van der Waals surface area contributed by atoms with Gasteiger partial charge in [-0.25, -0.2) is 16.8 Å². The molecule has 480 valence electrons. The SMILES string of the molecule is CCCCCCCCCCCCCCc1c(S(=O)(=O)[O-])cc2ccccc2c1CCCCCCCCCCCCCC.CCCCCCCCCCCCCCc1c(S(=O)(=O)[O-])cc2ccccc2c1CCCCCCCCCCCCCC.[Ba+2]. The molecule has 0 heterocycles. The zero-order chi connectivity index (χ0) is 60.6. The smallest absolute Gasteiger partial charge is 0.744 e. The van der Waals surface area contributed by atoms with Gasteiger partial charge in [-0.05, 0) is 107 Å². The van der Waals surface area contributed by atoms with Crippen molar-refractivity contribution in [3.8, 4) is 0 Å². The third-order valence-corrected chi connectivity index (χ3v) is 19.9. The molecule has 4 aromatic carbocycles. The second-order valence-corrected chi connectivity index (χ2v) is 28.3. The first-order valence-corrected chi connectivity index (χ1v) is 38.8. The molecule has 0 unspecified atom stereocenters. The fourth-order valence-electron chi connectivity index (χ4n) is 13.0. The average Bonchev–Trinajstić information content (AvgIpc) is 1.49. The van der Waals surface area contributed by atoms with Crippen LogP contribution in [0.4, 0.5) is 0 Å². The van der Waals surface area contributed by atoms with E-state index in [9.17, 15) is 25.9 Å². The number of fused-ring (bicyclic) bond motifs is 2. The zero-order valence-electron chi connectivity index (χ0n) is 55.5. The molecule has 0 aliphatic heterocycles. The standard InChI is InChI=1S/2C38H64O3S.Ba/c2*1-3-5-7-9-11-13-15-17-19-21-23-25-31-36-35-30-28-27-29-34(35)33-38(42(39,40)41)37(36)32-26-24-22-20-18-16-14-12-10-8-6-4-2;/h2*27-30,33H,3-26,31-32H2,1-2H3,(H,39,40,41);/q;;+2/p-2. The molecule has 0 atom stereocenters. The van der Waals surface area contributed by atoms with Crippen molar-refractivity contribution in [2.75, 3.05) is 0 Å². The fraction of sp³-hybridized carbons (Fsp3) is 0.737. The van der Waals surface area contributed by atoms with E-state index in [0.29, 0.717) is 12.8 Å². The van der Waals surface area contributed by atoms with Crippen molar-refractivity contribution in [3.63, 3.8) is 0 Å². The van der Waals surface area contributed by atoms with Gasteiger partial charge in [-0.2, -0.15) is 0 Å². The van der Waals surface area contributed by atoms with Crippen LogP contribution in [0.5, 0.6) is 0 Å². The number of rotatable bonds is 54. The van der Waals surface area contributed by atoms with Gasteiger partial charge >= 0.3 is 48.9 Å². The minimum absolute atomic E-state index is 0. The Hall–Kier alpha value is -1.21. The van der Waals surface area contributed by atoms with Gasteiger partial charge in [-0.3, -0.25) is 0 Å². The number of aryl methyl sites for hydroxylation is 2. The molecule has 0 aliphatic carbocycles. The summed E-state index contributed by atoms with van der Waals surface area (Å²) in [6.07, 6.45) is 64.9. The summed E-state index contributed by atoms with van der Waals surface area (Å²) in [5.74, 6) is 0. The van der Waals surface area contributed by atoms with E-state index < -0.39 is 20.2 Å².